The smallest absolute Gasteiger partial charge is 0.0961 e. The fourth-order valence-electron chi connectivity index (χ4n) is 2.88. The van der Waals surface area contributed by atoms with E-state index in [9.17, 15) is 5.11 Å². The van der Waals surface area contributed by atoms with Gasteiger partial charge in [-0.15, -0.1) is 0 Å². The molecule has 90 valence electrons. The van der Waals surface area contributed by atoms with Crippen LogP contribution < -0.4 is 0 Å². The van der Waals surface area contributed by atoms with E-state index in [-0.39, 0.29) is 17.6 Å². The van der Waals surface area contributed by atoms with Crippen LogP contribution in [0.4, 0.5) is 0 Å². The van der Waals surface area contributed by atoms with Crippen molar-refractivity contribution in [3.63, 3.8) is 0 Å². The third kappa shape index (κ3) is 1.57. The van der Waals surface area contributed by atoms with Crippen LogP contribution in [0.15, 0.2) is 30.6 Å². The maximum atomic E-state index is 10.4. The first-order valence-electron chi connectivity index (χ1n) is 6.19. The van der Waals surface area contributed by atoms with Gasteiger partial charge in [0.25, 0.3) is 0 Å². The minimum Gasteiger partial charge on any atom is -0.390 e. The SMILES string of the molecule is CC1(C)CCC(n2cnc3ccccc32)C1O. The normalized spacial score (nSPS) is 27.7. The zero-order chi connectivity index (χ0) is 12.0. The van der Waals surface area contributed by atoms with Crippen LogP contribution in [0.25, 0.3) is 11.0 Å². The van der Waals surface area contributed by atoms with Crippen LogP contribution >= 0.6 is 0 Å². The van der Waals surface area contributed by atoms with Crippen LogP contribution in [0.2, 0.25) is 0 Å². The third-order valence-electron chi connectivity index (χ3n) is 4.09. The molecule has 0 saturated heterocycles. The number of hydrogen-bond donors (Lipinski definition) is 1. The van der Waals surface area contributed by atoms with Crippen molar-refractivity contribution in [2.75, 3.05) is 0 Å². The summed E-state index contributed by atoms with van der Waals surface area (Å²) < 4.78 is 2.13. The highest BCUT2D eigenvalue weighted by Crippen LogP contribution is 2.44. The van der Waals surface area contributed by atoms with Gasteiger partial charge in [-0.2, -0.15) is 0 Å². The van der Waals surface area contributed by atoms with Gasteiger partial charge in [0, 0.05) is 0 Å². The van der Waals surface area contributed by atoms with E-state index in [0.29, 0.717) is 0 Å². The van der Waals surface area contributed by atoms with Crippen molar-refractivity contribution in [1.82, 2.24) is 9.55 Å². The number of nitrogens with zero attached hydrogens (tertiary/aromatic N) is 2. The molecule has 0 amide bonds. The highest BCUT2D eigenvalue weighted by molar-refractivity contribution is 5.75. The van der Waals surface area contributed by atoms with Crippen molar-refractivity contribution in [1.29, 1.82) is 0 Å². The Hall–Kier alpha value is -1.35. The predicted octanol–water partition coefficient (Wildman–Crippen LogP) is 2.76. The lowest BCUT2D eigenvalue weighted by Gasteiger charge is -2.26. The second-order valence-corrected chi connectivity index (χ2v) is 5.68. The van der Waals surface area contributed by atoms with Crippen molar-refractivity contribution in [3.8, 4) is 0 Å². The molecule has 1 aliphatic rings. The lowest BCUT2D eigenvalue weighted by atomic mass is 9.89. The third-order valence-corrected chi connectivity index (χ3v) is 4.09. The first kappa shape index (κ1) is 10.8. The van der Waals surface area contributed by atoms with Crippen LogP contribution in [-0.2, 0) is 0 Å². The van der Waals surface area contributed by atoms with Gasteiger partial charge in [-0.05, 0) is 30.4 Å². The summed E-state index contributed by atoms with van der Waals surface area (Å²) in [6.45, 7) is 4.27. The van der Waals surface area contributed by atoms with E-state index in [0.717, 1.165) is 23.9 Å². The van der Waals surface area contributed by atoms with E-state index in [1.165, 1.54) is 0 Å². The Bertz CT molecular complexity index is 544. The molecule has 3 rings (SSSR count). The second-order valence-electron chi connectivity index (χ2n) is 5.68. The lowest BCUT2D eigenvalue weighted by Crippen LogP contribution is -2.29. The van der Waals surface area contributed by atoms with Gasteiger partial charge in [-0.1, -0.05) is 26.0 Å². The first-order valence-corrected chi connectivity index (χ1v) is 6.19. The number of para-hydroxylation sites is 2. The molecular weight excluding hydrogens is 212 g/mol. The number of benzene rings is 1. The summed E-state index contributed by atoms with van der Waals surface area (Å²) >= 11 is 0. The maximum absolute atomic E-state index is 10.4. The largest absolute Gasteiger partial charge is 0.390 e. The average molecular weight is 230 g/mol. The molecule has 1 aromatic heterocycles. The Morgan fingerprint density at radius 2 is 2.12 bits per heavy atom. The van der Waals surface area contributed by atoms with E-state index in [1.54, 1.807) is 0 Å². The fourth-order valence-corrected chi connectivity index (χ4v) is 2.88. The Labute approximate surface area is 101 Å². The maximum Gasteiger partial charge on any atom is 0.0961 e. The predicted molar refractivity (Wildman–Crippen MR) is 67.8 cm³/mol. The highest BCUT2D eigenvalue weighted by atomic mass is 16.3. The van der Waals surface area contributed by atoms with Crippen molar-refractivity contribution in [3.05, 3.63) is 30.6 Å². The molecule has 1 N–H and O–H groups in total. The molecule has 0 radical (unpaired) electrons. The molecule has 3 nitrogen and oxygen atoms in total. The van der Waals surface area contributed by atoms with Gasteiger partial charge in [0.2, 0.25) is 0 Å². The fraction of sp³-hybridized carbons (Fsp3) is 0.500. The van der Waals surface area contributed by atoms with Crippen molar-refractivity contribution >= 4 is 11.0 Å². The van der Waals surface area contributed by atoms with E-state index in [1.807, 2.05) is 24.5 Å². The molecule has 2 unspecified atom stereocenters. The Balaban J connectivity index is 2.05. The summed E-state index contributed by atoms with van der Waals surface area (Å²) in [5, 5.41) is 10.4. The molecule has 0 aliphatic heterocycles. The van der Waals surface area contributed by atoms with E-state index < -0.39 is 0 Å². The summed E-state index contributed by atoms with van der Waals surface area (Å²) in [6, 6.07) is 8.26. The number of aliphatic hydroxyl groups excluding tert-OH is 1. The van der Waals surface area contributed by atoms with Crippen molar-refractivity contribution in [2.45, 2.75) is 38.8 Å². The van der Waals surface area contributed by atoms with Crippen molar-refractivity contribution < 1.29 is 5.11 Å². The molecule has 1 aliphatic carbocycles. The molecule has 17 heavy (non-hydrogen) atoms. The van der Waals surface area contributed by atoms with Crippen molar-refractivity contribution in [2.24, 2.45) is 5.41 Å². The zero-order valence-corrected chi connectivity index (χ0v) is 10.3. The van der Waals surface area contributed by atoms with E-state index in [2.05, 4.69) is 29.5 Å². The molecule has 3 heteroatoms. The summed E-state index contributed by atoms with van der Waals surface area (Å²) in [4.78, 5) is 4.40. The number of fused-ring (bicyclic) bond motifs is 1. The van der Waals surface area contributed by atoms with Crippen LogP contribution in [0.3, 0.4) is 0 Å². The average Bonchev–Trinajstić information content (AvgIpc) is 2.83. The standard InChI is InChI=1S/C14H18N2O/c1-14(2)8-7-12(13(14)17)16-9-15-10-5-3-4-6-11(10)16/h3-6,9,12-13,17H,7-8H2,1-2H3. The molecule has 0 spiro atoms. The number of rotatable bonds is 1. The first-order chi connectivity index (χ1) is 8.09. The number of hydrogen-bond acceptors (Lipinski definition) is 2. The quantitative estimate of drug-likeness (QED) is 0.818. The van der Waals surface area contributed by atoms with Gasteiger partial charge >= 0.3 is 0 Å². The molecule has 2 aromatic rings. The topological polar surface area (TPSA) is 38.0 Å². The molecule has 1 aromatic carbocycles. The molecule has 1 saturated carbocycles. The molecule has 1 heterocycles. The van der Waals surface area contributed by atoms with Crippen LogP contribution in [0.1, 0.15) is 32.7 Å². The van der Waals surface area contributed by atoms with Gasteiger partial charge in [-0.25, -0.2) is 4.98 Å². The molecular formula is C14H18N2O. The molecule has 2 atom stereocenters. The minimum absolute atomic E-state index is 0.00996. The number of imidazole rings is 1. The van der Waals surface area contributed by atoms with Crippen LogP contribution in [0, 0.1) is 5.41 Å². The van der Waals surface area contributed by atoms with Gasteiger partial charge in [-0.3, -0.25) is 0 Å². The second kappa shape index (κ2) is 3.57. The molecule has 0 bridgehead atoms. The zero-order valence-electron chi connectivity index (χ0n) is 10.3. The van der Waals surface area contributed by atoms with Gasteiger partial charge in [0.05, 0.1) is 29.5 Å². The monoisotopic (exact) mass is 230 g/mol. The number of aromatic nitrogens is 2. The summed E-state index contributed by atoms with van der Waals surface area (Å²) in [5.41, 5.74) is 2.13. The highest BCUT2D eigenvalue weighted by Gasteiger charge is 2.41. The van der Waals surface area contributed by atoms with E-state index >= 15 is 0 Å². The minimum atomic E-state index is -0.292. The summed E-state index contributed by atoms with van der Waals surface area (Å²) in [5.74, 6) is 0. The van der Waals surface area contributed by atoms with Gasteiger partial charge in [0.15, 0.2) is 0 Å². The van der Waals surface area contributed by atoms with Gasteiger partial charge < -0.3 is 9.67 Å². The van der Waals surface area contributed by atoms with Crippen LogP contribution in [0.5, 0.6) is 0 Å². The summed E-state index contributed by atoms with van der Waals surface area (Å²) in [7, 11) is 0. The Morgan fingerprint density at radius 3 is 2.82 bits per heavy atom. The van der Waals surface area contributed by atoms with Gasteiger partial charge in [0.1, 0.15) is 0 Å². The van der Waals surface area contributed by atoms with E-state index in [4.69, 9.17) is 0 Å². The Kier molecular flexibility index (Phi) is 2.26. The summed E-state index contributed by atoms with van der Waals surface area (Å²) in [6.07, 6.45) is 3.65. The van der Waals surface area contributed by atoms with Crippen LogP contribution in [-0.4, -0.2) is 20.8 Å². The number of aliphatic hydroxyl groups is 1. The lowest BCUT2D eigenvalue weighted by molar-refractivity contribution is 0.0508. The Morgan fingerprint density at radius 1 is 1.35 bits per heavy atom. The molecule has 1 fully saturated rings.